The number of nitrogens with zero attached hydrogens (tertiary/aromatic N) is 8. The summed E-state index contributed by atoms with van der Waals surface area (Å²) in [7, 11) is 5.73. The van der Waals surface area contributed by atoms with Gasteiger partial charge in [-0.25, -0.2) is 37.7 Å². The standard InChI is InChI=1S/C21H17FN4O4.C14H9BrFN3O2.C7H9NO2.CH4/c1-25-11-9-21(29,20(25)28)8-7-13-12-14(5-6-16(13)22)26-18-15(4-3-10-23-18)17(24-26)19(27)30-2;1-21-14(20)12-9-3-2-6-17-13(9)19(18-12)8-4-5-11(16)10(15)7-8;1-3-7(10)4-5-8(2)6(7)9;/h3-6,10,12,29H,9,11H2,1-2H3;2-7H,1H3;1,10H,4-5H2,2H3;1H4/t21-;;7-;/m0.0./s1. The fourth-order valence-corrected chi connectivity index (χ4v) is 6.61. The predicted octanol–water partition coefficient (Wildman–Crippen LogP) is 4.25. The van der Waals surface area contributed by atoms with Gasteiger partial charge in [-0.1, -0.05) is 25.2 Å². The third kappa shape index (κ3) is 9.00. The Labute approximate surface area is 362 Å². The van der Waals surface area contributed by atoms with Gasteiger partial charge in [-0.2, -0.15) is 10.2 Å². The molecule has 8 rings (SSSR count). The molecule has 0 bridgehead atoms. The molecule has 320 valence electrons. The fourth-order valence-electron chi connectivity index (χ4n) is 6.24. The number of aliphatic hydroxyl groups is 2. The number of benzene rings is 2. The van der Waals surface area contributed by atoms with Crippen molar-refractivity contribution in [2.24, 2.45) is 0 Å². The molecule has 2 atom stereocenters. The van der Waals surface area contributed by atoms with Crippen molar-refractivity contribution < 1.29 is 47.6 Å². The van der Waals surface area contributed by atoms with E-state index in [1.807, 2.05) is 0 Å². The molecule has 2 N–H and O–H groups in total. The lowest BCUT2D eigenvalue weighted by atomic mass is 10.0. The molecule has 0 unspecified atom stereocenters. The Morgan fingerprint density at radius 3 is 1.66 bits per heavy atom. The van der Waals surface area contributed by atoms with Gasteiger partial charge < -0.3 is 29.5 Å². The SMILES string of the molecule is C.C#C[C@]1(O)CCN(C)C1=O.COC(=O)c1nn(-c2ccc(F)c(Br)c2)c2ncccc12.COC(=O)c1nn(-c2ccc(F)c(C#C[C@]3(O)CCN(C)C3=O)c2)c2ncccc12. The lowest BCUT2D eigenvalue weighted by molar-refractivity contribution is -0.138. The van der Waals surface area contributed by atoms with E-state index in [4.69, 9.17) is 15.9 Å². The summed E-state index contributed by atoms with van der Waals surface area (Å²) in [6.07, 6.45) is 8.61. The van der Waals surface area contributed by atoms with Gasteiger partial charge in [-0.05, 0) is 76.6 Å². The Balaban J connectivity index is 0.000000196. The summed E-state index contributed by atoms with van der Waals surface area (Å²) in [6.45, 7) is 0.910. The number of fused-ring (bicyclic) bond motifs is 2. The van der Waals surface area contributed by atoms with Gasteiger partial charge in [0.15, 0.2) is 22.7 Å². The number of methoxy groups -OCH3 is 2. The predicted molar refractivity (Wildman–Crippen MR) is 225 cm³/mol. The van der Waals surface area contributed by atoms with Crippen LogP contribution >= 0.6 is 15.9 Å². The molecule has 62 heavy (non-hydrogen) atoms. The topological polar surface area (TPSA) is 195 Å². The Morgan fingerprint density at radius 1 is 0.774 bits per heavy atom. The number of rotatable bonds is 4. The summed E-state index contributed by atoms with van der Waals surface area (Å²) in [5.74, 6) is 4.10. The summed E-state index contributed by atoms with van der Waals surface area (Å²) in [4.78, 5) is 58.2. The normalized spacial score (nSPS) is 17.8. The van der Waals surface area contributed by atoms with Crippen molar-refractivity contribution in [3.8, 4) is 35.6 Å². The van der Waals surface area contributed by atoms with E-state index >= 15 is 0 Å². The van der Waals surface area contributed by atoms with Crippen molar-refractivity contribution in [2.45, 2.75) is 31.5 Å². The molecule has 2 aliphatic rings. The van der Waals surface area contributed by atoms with E-state index in [1.54, 1.807) is 62.9 Å². The van der Waals surface area contributed by atoms with E-state index in [-0.39, 0.29) is 42.5 Å². The number of pyridine rings is 2. The van der Waals surface area contributed by atoms with Crippen molar-refractivity contribution >= 4 is 61.7 Å². The smallest absolute Gasteiger partial charge is 0.359 e. The number of likely N-dealkylation sites (N-methyl/N-ethyl adjacent to an activating group) is 2. The highest BCUT2D eigenvalue weighted by molar-refractivity contribution is 9.10. The van der Waals surface area contributed by atoms with Crippen molar-refractivity contribution in [1.29, 1.82) is 0 Å². The zero-order chi connectivity index (χ0) is 44.2. The Bertz CT molecular complexity index is 2830. The molecule has 0 radical (unpaired) electrons. The zero-order valence-corrected chi connectivity index (χ0v) is 34.5. The molecule has 2 fully saturated rings. The molecule has 0 spiro atoms. The number of likely N-dealkylation sites (tertiary alicyclic amines) is 2. The number of ether oxygens (including phenoxy) is 2. The number of aromatic nitrogens is 6. The first kappa shape index (κ1) is 46.0. The zero-order valence-electron chi connectivity index (χ0n) is 32.9. The van der Waals surface area contributed by atoms with Crippen molar-refractivity contribution in [3.63, 3.8) is 0 Å². The fraction of sp³-hybridized carbons (Fsp3) is 0.256. The van der Waals surface area contributed by atoms with E-state index in [0.29, 0.717) is 57.4 Å². The van der Waals surface area contributed by atoms with Gasteiger partial charge in [0.25, 0.3) is 11.8 Å². The number of carbonyl (C=O) groups is 4. The molecule has 2 saturated heterocycles. The van der Waals surface area contributed by atoms with Crippen LogP contribution in [0.5, 0.6) is 0 Å². The summed E-state index contributed by atoms with van der Waals surface area (Å²) in [6, 6.07) is 15.3. The van der Waals surface area contributed by atoms with Crippen LogP contribution < -0.4 is 0 Å². The second kappa shape index (κ2) is 18.7. The quantitative estimate of drug-likeness (QED) is 0.189. The Morgan fingerprint density at radius 2 is 1.24 bits per heavy atom. The molecule has 19 heteroatoms. The maximum absolute atomic E-state index is 14.4. The molecule has 6 heterocycles. The molecule has 4 aromatic heterocycles. The number of hydrogen-bond acceptors (Lipinski definition) is 12. The average molecular weight is 914 g/mol. The van der Waals surface area contributed by atoms with Crippen LogP contribution in [-0.4, -0.2) is 126 Å². The molecule has 2 amide bonds. The summed E-state index contributed by atoms with van der Waals surface area (Å²) in [5, 5.41) is 29.3. The van der Waals surface area contributed by atoms with Crippen molar-refractivity contribution in [1.82, 2.24) is 39.3 Å². The number of hydrogen-bond donors (Lipinski definition) is 2. The Kier molecular flexibility index (Phi) is 13.9. The summed E-state index contributed by atoms with van der Waals surface area (Å²) >= 11 is 3.13. The minimum atomic E-state index is -1.84. The van der Waals surface area contributed by atoms with Gasteiger partial charge in [0.2, 0.25) is 11.2 Å². The monoisotopic (exact) mass is 912 g/mol. The minimum Gasteiger partial charge on any atom is -0.464 e. The minimum absolute atomic E-state index is 0. The van der Waals surface area contributed by atoms with Crippen LogP contribution in [-0.2, 0) is 19.1 Å². The molecule has 2 aromatic carbocycles. The van der Waals surface area contributed by atoms with E-state index in [9.17, 15) is 38.2 Å². The first-order chi connectivity index (χ1) is 29.0. The van der Waals surface area contributed by atoms with Gasteiger partial charge in [-0.15, -0.1) is 6.42 Å². The highest BCUT2D eigenvalue weighted by Gasteiger charge is 2.43. The first-order valence-electron chi connectivity index (χ1n) is 18.1. The molecule has 16 nitrogen and oxygen atoms in total. The van der Waals surface area contributed by atoms with Gasteiger partial charge in [0.1, 0.15) is 11.6 Å². The largest absolute Gasteiger partial charge is 0.464 e. The maximum atomic E-state index is 14.4. The van der Waals surface area contributed by atoms with Gasteiger partial charge in [0.05, 0.1) is 46.4 Å². The second-order valence-corrected chi connectivity index (χ2v) is 14.4. The van der Waals surface area contributed by atoms with Crippen LogP contribution in [0.3, 0.4) is 0 Å². The van der Waals surface area contributed by atoms with Crippen LogP contribution in [0.15, 0.2) is 77.5 Å². The van der Waals surface area contributed by atoms with Crippen LogP contribution in [0.25, 0.3) is 33.4 Å². The highest BCUT2D eigenvalue weighted by Crippen LogP contribution is 2.26. The molecule has 0 aliphatic carbocycles. The summed E-state index contributed by atoms with van der Waals surface area (Å²) < 4.78 is 40.4. The first-order valence-corrected chi connectivity index (χ1v) is 18.9. The van der Waals surface area contributed by atoms with Crippen LogP contribution in [0.2, 0.25) is 0 Å². The van der Waals surface area contributed by atoms with Crippen LogP contribution in [0.1, 0.15) is 46.8 Å². The average Bonchev–Trinajstić information content (AvgIpc) is 4.00. The summed E-state index contributed by atoms with van der Waals surface area (Å²) in [5.41, 5.74) is -1.27. The van der Waals surface area contributed by atoms with Crippen molar-refractivity contribution in [2.75, 3.05) is 41.4 Å². The number of carbonyl (C=O) groups excluding carboxylic acids is 4. The number of terminal acetylenes is 1. The number of amides is 2. The lowest BCUT2D eigenvalue weighted by Crippen LogP contribution is -2.37. The molecular formula is C43H39BrF2N8O8. The van der Waals surface area contributed by atoms with Gasteiger partial charge >= 0.3 is 11.9 Å². The van der Waals surface area contributed by atoms with E-state index < -0.39 is 34.9 Å². The molecule has 6 aromatic rings. The molecular weight excluding hydrogens is 874 g/mol. The van der Waals surface area contributed by atoms with Crippen molar-refractivity contribution in [3.05, 3.63) is 106 Å². The van der Waals surface area contributed by atoms with Crippen LogP contribution in [0, 0.1) is 35.8 Å². The third-order valence-corrected chi connectivity index (χ3v) is 10.3. The number of halogens is 3. The third-order valence-electron chi connectivity index (χ3n) is 9.65. The molecule has 0 saturated carbocycles. The van der Waals surface area contributed by atoms with E-state index in [0.717, 1.165) is 0 Å². The van der Waals surface area contributed by atoms with E-state index in [2.05, 4.69) is 53.9 Å². The van der Waals surface area contributed by atoms with Gasteiger partial charge in [0, 0.05) is 52.4 Å². The maximum Gasteiger partial charge on any atom is 0.359 e. The van der Waals surface area contributed by atoms with Gasteiger partial charge in [-0.3, -0.25) is 9.59 Å². The number of esters is 2. The molecule has 2 aliphatic heterocycles. The Hall–Kier alpha value is -7.06. The van der Waals surface area contributed by atoms with E-state index in [1.165, 1.54) is 57.6 Å². The second-order valence-electron chi connectivity index (χ2n) is 13.6. The highest BCUT2D eigenvalue weighted by atomic mass is 79.9. The lowest BCUT2D eigenvalue weighted by Gasteiger charge is -2.13. The van der Waals surface area contributed by atoms with Crippen LogP contribution in [0.4, 0.5) is 8.78 Å².